The number of aromatic amines is 1. The van der Waals surface area contributed by atoms with Gasteiger partial charge < -0.3 is 4.98 Å². The van der Waals surface area contributed by atoms with Crippen molar-refractivity contribution in [3.8, 4) is 0 Å². The molecule has 4 rings (SSSR count). The number of nitrogens with zero attached hydrogens (tertiary/aromatic N) is 2. The van der Waals surface area contributed by atoms with E-state index in [0.717, 1.165) is 38.8 Å². The summed E-state index contributed by atoms with van der Waals surface area (Å²) >= 11 is 5.23. The van der Waals surface area contributed by atoms with E-state index >= 15 is 0 Å². The highest BCUT2D eigenvalue weighted by Gasteiger charge is 2.20. The van der Waals surface area contributed by atoms with Gasteiger partial charge in [-0.1, -0.05) is 0 Å². The second-order valence-corrected chi connectivity index (χ2v) is 8.28. The summed E-state index contributed by atoms with van der Waals surface area (Å²) in [7, 11) is 0. The molecule has 4 heterocycles. The van der Waals surface area contributed by atoms with E-state index in [4.69, 9.17) is 0 Å². The van der Waals surface area contributed by atoms with Gasteiger partial charge in [0.25, 0.3) is 5.56 Å². The Kier molecular flexibility index (Phi) is 3.35. The smallest absolute Gasteiger partial charge is 0.259 e. The van der Waals surface area contributed by atoms with Crippen LogP contribution in [0.1, 0.15) is 27.0 Å². The molecule has 1 aliphatic heterocycles. The van der Waals surface area contributed by atoms with Gasteiger partial charge in [-0.05, 0) is 24.7 Å². The number of fused-ring (bicyclic) bond motifs is 3. The van der Waals surface area contributed by atoms with Crippen LogP contribution in [0.4, 0.5) is 0 Å². The Labute approximate surface area is 133 Å². The average molecular weight is 335 g/mol. The van der Waals surface area contributed by atoms with Gasteiger partial charge in [-0.25, -0.2) is 9.97 Å². The maximum Gasteiger partial charge on any atom is 0.259 e. The lowest BCUT2D eigenvalue weighted by molar-refractivity contribution is 0.945. The second-order valence-electron chi connectivity index (χ2n) is 5.03. The van der Waals surface area contributed by atoms with Crippen LogP contribution in [0.15, 0.2) is 10.2 Å². The molecule has 0 spiro atoms. The summed E-state index contributed by atoms with van der Waals surface area (Å²) < 4.78 is 0. The first kappa shape index (κ1) is 13.5. The quantitative estimate of drug-likeness (QED) is 0.782. The van der Waals surface area contributed by atoms with Crippen molar-refractivity contribution in [1.82, 2.24) is 15.0 Å². The monoisotopic (exact) mass is 335 g/mol. The molecule has 0 fully saturated rings. The highest BCUT2D eigenvalue weighted by Crippen LogP contribution is 2.35. The van der Waals surface area contributed by atoms with Gasteiger partial charge in [0.1, 0.15) is 10.7 Å². The Balaban J connectivity index is 1.80. The summed E-state index contributed by atoms with van der Waals surface area (Å²) in [5.74, 6) is 2.82. The minimum atomic E-state index is 0.00588. The van der Waals surface area contributed by atoms with E-state index in [1.807, 2.05) is 24.1 Å². The van der Waals surface area contributed by atoms with E-state index < -0.39 is 0 Å². The number of aromatic nitrogens is 3. The molecule has 0 radical (unpaired) electrons. The summed E-state index contributed by atoms with van der Waals surface area (Å²) in [4.78, 5) is 26.7. The molecule has 0 amide bonds. The first-order valence-corrected chi connectivity index (χ1v) is 9.58. The Morgan fingerprint density at radius 1 is 1.38 bits per heavy atom. The first-order valence-electron chi connectivity index (χ1n) is 6.73. The summed E-state index contributed by atoms with van der Waals surface area (Å²) in [6, 6.07) is 0. The number of rotatable bonds is 2. The third kappa shape index (κ3) is 2.43. The topological polar surface area (TPSA) is 58.6 Å². The van der Waals surface area contributed by atoms with Gasteiger partial charge in [-0.3, -0.25) is 4.79 Å². The van der Waals surface area contributed by atoms with Gasteiger partial charge in [-0.15, -0.1) is 22.7 Å². The molecule has 108 valence electrons. The normalized spacial score (nSPS) is 14.5. The number of thiophene rings is 1. The molecule has 4 nitrogen and oxygen atoms in total. The fraction of sp³-hybridized carbons (Fsp3) is 0.357. The van der Waals surface area contributed by atoms with Crippen molar-refractivity contribution in [3.63, 3.8) is 0 Å². The summed E-state index contributed by atoms with van der Waals surface area (Å²) in [6.45, 7) is 1.98. The summed E-state index contributed by atoms with van der Waals surface area (Å²) in [5.41, 5.74) is 2.20. The minimum absolute atomic E-state index is 0.00588. The molecule has 0 aliphatic carbocycles. The Bertz CT molecular complexity index is 877. The zero-order valence-corrected chi connectivity index (χ0v) is 13.9. The number of nitrogens with one attached hydrogen (secondary N) is 1. The van der Waals surface area contributed by atoms with Gasteiger partial charge in [-0.2, -0.15) is 11.8 Å². The molecule has 3 aromatic rings. The third-order valence-corrected chi connectivity index (χ3v) is 6.65. The van der Waals surface area contributed by atoms with Crippen molar-refractivity contribution in [2.45, 2.75) is 25.5 Å². The number of thiazole rings is 1. The maximum absolute atomic E-state index is 12.4. The molecule has 0 bridgehead atoms. The molecular formula is C14H13N3OS3. The number of H-pyrrole nitrogens is 1. The number of aryl methyl sites for hydroxylation is 2. The average Bonchev–Trinajstić information content (AvgIpc) is 3.02. The molecule has 1 N–H and O–H groups in total. The second kappa shape index (κ2) is 5.23. The van der Waals surface area contributed by atoms with E-state index in [9.17, 15) is 4.79 Å². The SMILES string of the molecule is Cc1nc(Cc2nc3sc4c(c3c(=O)[nH]2)CCSC4)cs1. The molecule has 1 aliphatic rings. The van der Waals surface area contributed by atoms with Crippen LogP contribution in [0, 0.1) is 6.92 Å². The van der Waals surface area contributed by atoms with Crippen molar-refractivity contribution in [1.29, 1.82) is 0 Å². The lowest BCUT2D eigenvalue weighted by atomic mass is 10.1. The largest absolute Gasteiger partial charge is 0.310 e. The van der Waals surface area contributed by atoms with Gasteiger partial charge in [0.05, 0.1) is 16.1 Å². The van der Waals surface area contributed by atoms with E-state index in [2.05, 4.69) is 15.0 Å². The fourth-order valence-corrected chi connectivity index (χ4v) is 5.60. The number of hydrogen-bond donors (Lipinski definition) is 1. The predicted octanol–water partition coefficient (Wildman–Crippen LogP) is 3.13. The van der Waals surface area contributed by atoms with Crippen LogP contribution in [-0.4, -0.2) is 20.7 Å². The van der Waals surface area contributed by atoms with Crippen molar-refractivity contribution in [2.24, 2.45) is 0 Å². The van der Waals surface area contributed by atoms with Gasteiger partial charge in [0.15, 0.2) is 0 Å². The van der Waals surface area contributed by atoms with Crippen molar-refractivity contribution in [2.75, 3.05) is 5.75 Å². The van der Waals surface area contributed by atoms with E-state index in [1.165, 1.54) is 10.4 Å². The molecule has 0 saturated heterocycles. The maximum atomic E-state index is 12.4. The predicted molar refractivity (Wildman–Crippen MR) is 89.8 cm³/mol. The van der Waals surface area contributed by atoms with E-state index in [0.29, 0.717) is 12.2 Å². The lowest BCUT2D eigenvalue weighted by Crippen LogP contribution is -2.13. The van der Waals surface area contributed by atoms with Crippen LogP contribution in [-0.2, 0) is 18.6 Å². The number of hydrogen-bond acceptors (Lipinski definition) is 6. The minimum Gasteiger partial charge on any atom is -0.310 e. The molecule has 0 aromatic carbocycles. The van der Waals surface area contributed by atoms with Crippen LogP contribution in [0.25, 0.3) is 10.2 Å². The van der Waals surface area contributed by atoms with E-state index in [-0.39, 0.29) is 5.56 Å². The molecule has 21 heavy (non-hydrogen) atoms. The van der Waals surface area contributed by atoms with Crippen LogP contribution in [0.3, 0.4) is 0 Å². The molecule has 3 aromatic heterocycles. The van der Waals surface area contributed by atoms with Gasteiger partial charge in [0.2, 0.25) is 0 Å². The molecular weight excluding hydrogens is 322 g/mol. The van der Waals surface area contributed by atoms with Crippen LogP contribution in [0.5, 0.6) is 0 Å². The fourth-order valence-electron chi connectivity index (χ4n) is 2.62. The number of thioether (sulfide) groups is 1. The zero-order chi connectivity index (χ0) is 14.4. The molecule has 0 atom stereocenters. The van der Waals surface area contributed by atoms with Crippen LogP contribution < -0.4 is 5.56 Å². The zero-order valence-electron chi connectivity index (χ0n) is 11.4. The van der Waals surface area contributed by atoms with Gasteiger partial charge >= 0.3 is 0 Å². The van der Waals surface area contributed by atoms with Crippen molar-refractivity contribution in [3.05, 3.63) is 42.7 Å². The molecule has 0 saturated carbocycles. The standard InChI is InChI=1S/C14H13N3OS3/c1-7-15-8(5-20-7)4-11-16-13(18)12-9-2-3-19-6-10(9)21-14(12)17-11/h5H,2-4,6H2,1H3,(H,16,17,18). The lowest BCUT2D eigenvalue weighted by Gasteiger charge is -2.09. The highest BCUT2D eigenvalue weighted by molar-refractivity contribution is 7.98. The van der Waals surface area contributed by atoms with Crippen molar-refractivity contribution < 1.29 is 0 Å². The Morgan fingerprint density at radius 3 is 3.10 bits per heavy atom. The summed E-state index contributed by atoms with van der Waals surface area (Å²) in [5, 5.41) is 3.88. The Morgan fingerprint density at radius 2 is 2.29 bits per heavy atom. The van der Waals surface area contributed by atoms with E-state index in [1.54, 1.807) is 22.7 Å². The third-order valence-electron chi connectivity index (χ3n) is 3.54. The van der Waals surface area contributed by atoms with Crippen LogP contribution >= 0.6 is 34.4 Å². The summed E-state index contributed by atoms with van der Waals surface area (Å²) in [6.07, 6.45) is 1.57. The van der Waals surface area contributed by atoms with Crippen molar-refractivity contribution >= 4 is 44.7 Å². The van der Waals surface area contributed by atoms with Crippen LogP contribution in [0.2, 0.25) is 0 Å². The highest BCUT2D eigenvalue weighted by atomic mass is 32.2. The Hall–Kier alpha value is -1.18. The molecule has 7 heteroatoms. The molecule has 0 unspecified atom stereocenters. The van der Waals surface area contributed by atoms with Gasteiger partial charge in [0, 0.05) is 22.4 Å². The first-order chi connectivity index (χ1) is 10.2.